The molecule has 1 atom stereocenters. The fourth-order valence-electron chi connectivity index (χ4n) is 2.94. The summed E-state index contributed by atoms with van der Waals surface area (Å²) in [5.41, 5.74) is -1.36. The summed E-state index contributed by atoms with van der Waals surface area (Å²) in [6, 6.07) is -0.812. The number of esters is 1. The number of anilines is 2. The van der Waals surface area contributed by atoms with Gasteiger partial charge in [0.2, 0.25) is 5.91 Å². The van der Waals surface area contributed by atoms with E-state index in [2.05, 4.69) is 10.1 Å². The molecule has 0 spiro atoms. The van der Waals surface area contributed by atoms with Gasteiger partial charge < -0.3 is 19.7 Å². The normalized spacial score (nSPS) is 20.1. The van der Waals surface area contributed by atoms with Gasteiger partial charge in [0.25, 0.3) is 0 Å². The van der Waals surface area contributed by atoms with Crippen LogP contribution in [0, 0.1) is 17.5 Å². The van der Waals surface area contributed by atoms with Crippen LogP contribution in [0.4, 0.5) is 29.3 Å². The number of nitrogens with zero attached hydrogens (tertiary/aromatic N) is 2. The first-order chi connectivity index (χ1) is 12.8. The molecule has 3 rings (SSSR count). The lowest BCUT2D eigenvalue weighted by Crippen LogP contribution is -2.44. The maximum Gasteiger partial charge on any atom is 0.423 e. The summed E-state index contributed by atoms with van der Waals surface area (Å²) < 4.78 is 53.4. The zero-order valence-electron chi connectivity index (χ0n) is 14.3. The van der Waals surface area contributed by atoms with Crippen molar-refractivity contribution in [2.24, 2.45) is 0 Å². The van der Waals surface area contributed by atoms with E-state index in [0.717, 1.165) is 0 Å². The number of morpholine rings is 1. The average Bonchev–Trinajstić information content (AvgIpc) is 2.90. The van der Waals surface area contributed by atoms with E-state index >= 15 is 0 Å². The molecule has 0 aromatic heterocycles. The molecule has 2 saturated heterocycles. The first-order valence-electron chi connectivity index (χ1n) is 8.10. The lowest BCUT2D eigenvalue weighted by molar-refractivity contribution is -0.135. The van der Waals surface area contributed by atoms with Gasteiger partial charge in [-0.25, -0.2) is 22.8 Å². The van der Waals surface area contributed by atoms with Gasteiger partial charge in [0.15, 0.2) is 23.5 Å². The number of nitrogens with one attached hydrogen (secondary N) is 1. The SMILES string of the molecule is CC(=O)NC[C@H]1C(=O)OC(=O)N1c1cc(F)c(N2CCOCC2)c(F)c1F. The molecule has 2 heterocycles. The van der Waals surface area contributed by atoms with Crippen molar-refractivity contribution < 1.29 is 37.0 Å². The monoisotopic (exact) mass is 387 g/mol. The van der Waals surface area contributed by atoms with Gasteiger partial charge in [0.1, 0.15) is 5.69 Å². The Bertz CT molecular complexity index is 798. The van der Waals surface area contributed by atoms with E-state index in [1.807, 2.05) is 0 Å². The van der Waals surface area contributed by atoms with Crippen molar-refractivity contribution >= 4 is 29.3 Å². The van der Waals surface area contributed by atoms with Crippen LogP contribution >= 0.6 is 0 Å². The van der Waals surface area contributed by atoms with Crippen molar-refractivity contribution in [2.45, 2.75) is 13.0 Å². The number of amides is 2. The van der Waals surface area contributed by atoms with Gasteiger partial charge in [0, 0.05) is 32.6 Å². The fraction of sp³-hybridized carbons (Fsp3) is 0.438. The van der Waals surface area contributed by atoms with Crippen molar-refractivity contribution in [3.05, 3.63) is 23.5 Å². The fourth-order valence-corrected chi connectivity index (χ4v) is 2.94. The predicted octanol–water partition coefficient (Wildman–Crippen LogP) is 0.928. The van der Waals surface area contributed by atoms with E-state index in [9.17, 15) is 27.6 Å². The van der Waals surface area contributed by atoms with Crippen LogP contribution in [0.25, 0.3) is 0 Å². The van der Waals surface area contributed by atoms with Gasteiger partial charge in [-0.3, -0.25) is 9.69 Å². The summed E-state index contributed by atoms with van der Waals surface area (Å²) in [4.78, 5) is 36.6. The molecule has 8 nitrogen and oxygen atoms in total. The predicted molar refractivity (Wildman–Crippen MR) is 85.8 cm³/mol. The third-order valence-electron chi connectivity index (χ3n) is 4.21. The minimum absolute atomic E-state index is 0.169. The van der Waals surface area contributed by atoms with Crippen LogP contribution in [0.15, 0.2) is 6.07 Å². The van der Waals surface area contributed by atoms with Crippen molar-refractivity contribution in [2.75, 3.05) is 42.6 Å². The van der Waals surface area contributed by atoms with Crippen LogP contribution in [-0.4, -0.2) is 56.9 Å². The molecule has 0 bridgehead atoms. The molecule has 27 heavy (non-hydrogen) atoms. The molecule has 0 saturated carbocycles. The number of benzene rings is 1. The van der Waals surface area contributed by atoms with Crippen LogP contribution in [0.2, 0.25) is 0 Å². The summed E-state index contributed by atoms with van der Waals surface area (Å²) in [5, 5.41) is 2.28. The van der Waals surface area contributed by atoms with Gasteiger partial charge in [-0.2, -0.15) is 0 Å². The Morgan fingerprint density at radius 3 is 2.52 bits per heavy atom. The van der Waals surface area contributed by atoms with Crippen LogP contribution < -0.4 is 15.1 Å². The average molecular weight is 387 g/mol. The summed E-state index contributed by atoms with van der Waals surface area (Å²) >= 11 is 0. The van der Waals surface area contributed by atoms with Gasteiger partial charge in [-0.05, 0) is 0 Å². The molecule has 1 N–H and O–H groups in total. The molecule has 11 heteroatoms. The van der Waals surface area contributed by atoms with Gasteiger partial charge in [-0.15, -0.1) is 0 Å². The highest BCUT2D eigenvalue weighted by atomic mass is 19.2. The molecule has 1 aromatic rings. The van der Waals surface area contributed by atoms with Crippen LogP contribution in [0.5, 0.6) is 0 Å². The van der Waals surface area contributed by atoms with Crippen LogP contribution in [-0.2, 0) is 19.1 Å². The Morgan fingerprint density at radius 2 is 1.89 bits per heavy atom. The Morgan fingerprint density at radius 1 is 1.22 bits per heavy atom. The smallest absolute Gasteiger partial charge is 0.378 e. The number of hydrogen-bond donors (Lipinski definition) is 1. The van der Waals surface area contributed by atoms with E-state index in [0.29, 0.717) is 11.0 Å². The number of cyclic esters (lactones) is 2. The van der Waals surface area contributed by atoms with Crippen molar-refractivity contribution in [1.29, 1.82) is 0 Å². The number of halogens is 3. The summed E-state index contributed by atoms with van der Waals surface area (Å²) in [6.07, 6.45) is -1.29. The minimum atomic E-state index is -1.50. The molecule has 0 unspecified atom stereocenters. The summed E-state index contributed by atoms with van der Waals surface area (Å²) in [6.45, 7) is 1.57. The second kappa shape index (κ2) is 7.43. The van der Waals surface area contributed by atoms with E-state index in [1.54, 1.807) is 0 Å². The van der Waals surface area contributed by atoms with E-state index in [-0.39, 0.29) is 26.3 Å². The zero-order valence-corrected chi connectivity index (χ0v) is 14.3. The highest BCUT2D eigenvalue weighted by molar-refractivity contribution is 6.07. The van der Waals surface area contributed by atoms with E-state index < -0.39 is 59.4 Å². The lowest BCUT2D eigenvalue weighted by Gasteiger charge is -2.30. The van der Waals surface area contributed by atoms with Crippen LogP contribution in [0.1, 0.15) is 6.92 Å². The Hall–Kier alpha value is -2.82. The molecule has 0 radical (unpaired) electrons. The molecule has 2 fully saturated rings. The van der Waals surface area contributed by atoms with Gasteiger partial charge in [0.05, 0.1) is 18.9 Å². The van der Waals surface area contributed by atoms with Crippen molar-refractivity contribution in [3.63, 3.8) is 0 Å². The molecular formula is C16H16F3N3O5. The molecule has 146 valence electrons. The zero-order chi connectivity index (χ0) is 19.7. The number of carbonyl (C=O) groups is 3. The summed E-state index contributed by atoms with van der Waals surface area (Å²) in [5.74, 6) is -5.67. The highest BCUT2D eigenvalue weighted by Gasteiger charge is 2.44. The first kappa shape index (κ1) is 19.0. The quantitative estimate of drug-likeness (QED) is 0.470. The standard InChI is InChI=1S/C16H16F3N3O5/c1-8(23)20-7-11-15(24)27-16(25)22(11)10-6-9(17)14(13(19)12(10)18)21-2-4-26-5-3-21/h6,11H,2-5,7H2,1H3,(H,20,23)/t11-/m0/s1. The maximum absolute atomic E-state index is 14.7. The summed E-state index contributed by atoms with van der Waals surface area (Å²) in [7, 11) is 0. The molecule has 0 aliphatic carbocycles. The van der Waals surface area contributed by atoms with E-state index in [1.165, 1.54) is 11.8 Å². The largest absolute Gasteiger partial charge is 0.423 e. The Balaban J connectivity index is 1.99. The molecule has 2 amide bonds. The van der Waals surface area contributed by atoms with Crippen molar-refractivity contribution in [3.8, 4) is 0 Å². The lowest BCUT2D eigenvalue weighted by atomic mass is 10.1. The highest BCUT2D eigenvalue weighted by Crippen LogP contribution is 2.35. The Kier molecular flexibility index (Phi) is 5.22. The Labute approximate surface area is 151 Å². The molecule has 2 aliphatic heterocycles. The molecule has 2 aliphatic rings. The van der Waals surface area contributed by atoms with E-state index in [4.69, 9.17) is 4.74 Å². The second-order valence-corrected chi connectivity index (χ2v) is 5.96. The first-order valence-corrected chi connectivity index (χ1v) is 8.10. The number of carbonyl (C=O) groups excluding carboxylic acids is 3. The second-order valence-electron chi connectivity index (χ2n) is 5.96. The third-order valence-corrected chi connectivity index (χ3v) is 4.21. The number of rotatable bonds is 4. The molecular weight excluding hydrogens is 371 g/mol. The number of ether oxygens (including phenoxy) is 2. The minimum Gasteiger partial charge on any atom is -0.378 e. The van der Waals surface area contributed by atoms with Crippen molar-refractivity contribution in [1.82, 2.24) is 5.32 Å². The maximum atomic E-state index is 14.7. The number of hydrogen-bond acceptors (Lipinski definition) is 6. The third kappa shape index (κ3) is 3.54. The van der Waals surface area contributed by atoms with Crippen LogP contribution in [0.3, 0.4) is 0 Å². The topological polar surface area (TPSA) is 88.2 Å². The molecule has 1 aromatic carbocycles. The van der Waals surface area contributed by atoms with Gasteiger partial charge in [-0.1, -0.05) is 0 Å². The van der Waals surface area contributed by atoms with Gasteiger partial charge >= 0.3 is 12.1 Å².